The Kier molecular flexibility index (Phi) is 5.49. The maximum Gasteiger partial charge on any atom is 0.262 e. The van der Waals surface area contributed by atoms with Gasteiger partial charge in [0.1, 0.15) is 11.6 Å². The summed E-state index contributed by atoms with van der Waals surface area (Å²) >= 11 is 0. The molecule has 4 heteroatoms. The summed E-state index contributed by atoms with van der Waals surface area (Å²) in [5.41, 5.74) is 2.93. The van der Waals surface area contributed by atoms with E-state index in [0.29, 0.717) is 6.54 Å². The molecule has 0 spiro atoms. The molecule has 2 aromatic rings. The largest absolute Gasteiger partial charge is 0.346 e. The Bertz CT molecular complexity index is 763. The molecule has 0 unspecified atom stereocenters. The Morgan fingerprint density at radius 2 is 1.92 bits per heavy atom. The van der Waals surface area contributed by atoms with E-state index in [-0.39, 0.29) is 11.0 Å². The number of carbonyl (C=O) groups excluding carboxylic acids is 1. The summed E-state index contributed by atoms with van der Waals surface area (Å²) in [4.78, 5) is 16.3. The summed E-state index contributed by atoms with van der Waals surface area (Å²) in [6, 6.07) is 15.3. The molecule has 0 aliphatic rings. The monoisotopic (exact) mass is 319 g/mol. The average molecular weight is 319 g/mol. The smallest absolute Gasteiger partial charge is 0.262 e. The summed E-state index contributed by atoms with van der Waals surface area (Å²) in [6.45, 7) is 6.72. The Hall–Kier alpha value is -2.93. The Labute approximate surface area is 142 Å². The van der Waals surface area contributed by atoms with Crippen LogP contribution in [-0.4, -0.2) is 10.9 Å². The van der Waals surface area contributed by atoms with Gasteiger partial charge in [-0.2, -0.15) is 5.26 Å². The van der Waals surface area contributed by atoms with Crippen molar-refractivity contribution in [2.24, 2.45) is 0 Å². The normalized spacial score (nSPS) is 11.7. The lowest BCUT2D eigenvalue weighted by Gasteiger charge is -2.18. The van der Waals surface area contributed by atoms with E-state index < -0.39 is 5.91 Å². The Morgan fingerprint density at radius 1 is 1.21 bits per heavy atom. The molecular weight excluding hydrogens is 298 g/mol. The van der Waals surface area contributed by atoms with E-state index in [4.69, 9.17) is 0 Å². The van der Waals surface area contributed by atoms with Crippen LogP contribution in [0.15, 0.2) is 54.2 Å². The van der Waals surface area contributed by atoms with Crippen molar-refractivity contribution >= 4 is 12.0 Å². The molecule has 1 aromatic carbocycles. The molecule has 4 nitrogen and oxygen atoms in total. The maximum absolute atomic E-state index is 12.1. The van der Waals surface area contributed by atoms with Gasteiger partial charge < -0.3 is 5.32 Å². The van der Waals surface area contributed by atoms with Crippen LogP contribution >= 0.6 is 0 Å². The fourth-order valence-corrected chi connectivity index (χ4v) is 2.16. The van der Waals surface area contributed by atoms with E-state index in [9.17, 15) is 10.1 Å². The summed E-state index contributed by atoms with van der Waals surface area (Å²) in [6.07, 6.45) is 3.26. The third-order valence-electron chi connectivity index (χ3n) is 3.61. The zero-order valence-electron chi connectivity index (χ0n) is 14.2. The van der Waals surface area contributed by atoms with Crippen LogP contribution < -0.4 is 5.32 Å². The molecule has 0 fully saturated rings. The Balaban J connectivity index is 2.08. The first-order chi connectivity index (χ1) is 11.4. The second-order valence-corrected chi connectivity index (χ2v) is 6.55. The van der Waals surface area contributed by atoms with Crippen molar-refractivity contribution in [1.29, 1.82) is 5.26 Å². The van der Waals surface area contributed by atoms with E-state index >= 15 is 0 Å². The molecule has 0 aliphatic heterocycles. The van der Waals surface area contributed by atoms with Crippen molar-refractivity contribution in [1.82, 2.24) is 10.3 Å². The van der Waals surface area contributed by atoms with Gasteiger partial charge in [-0.3, -0.25) is 9.78 Å². The van der Waals surface area contributed by atoms with E-state index in [1.165, 1.54) is 5.56 Å². The van der Waals surface area contributed by atoms with Gasteiger partial charge in [-0.05, 0) is 34.8 Å². The SMILES string of the molecule is CC(C)(C)c1ccc(/C=C(\C#N)C(=O)NCc2ccccn2)cc1. The number of benzene rings is 1. The van der Waals surface area contributed by atoms with Crippen molar-refractivity contribution < 1.29 is 4.79 Å². The highest BCUT2D eigenvalue weighted by Crippen LogP contribution is 2.22. The second-order valence-electron chi connectivity index (χ2n) is 6.55. The molecule has 0 bridgehead atoms. The van der Waals surface area contributed by atoms with Crippen LogP contribution in [0.3, 0.4) is 0 Å². The fourth-order valence-electron chi connectivity index (χ4n) is 2.16. The van der Waals surface area contributed by atoms with Gasteiger partial charge in [0.2, 0.25) is 0 Å². The van der Waals surface area contributed by atoms with E-state index in [0.717, 1.165) is 11.3 Å². The van der Waals surface area contributed by atoms with Crippen molar-refractivity contribution in [3.05, 3.63) is 71.1 Å². The average Bonchev–Trinajstić information content (AvgIpc) is 2.58. The summed E-state index contributed by atoms with van der Waals surface area (Å²) < 4.78 is 0. The molecule has 0 saturated heterocycles. The highest BCUT2D eigenvalue weighted by molar-refractivity contribution is 6.01. The van der Waals surface area contributed by atoms with Gasteiger partial charge in [0.25, 0.3) is 5.91 Å². The topological polar surface area (TPSA) is 65.8 Å². The third-order valence-corrected chi connectivity index (χ3v) is 3.61. The van der Waals surface area contributed by atoms with Gasteiger partial charge in [-0.1, -0.05) is 51.1 Å². The van der Waals surface area contributed by atoms with Gasteiger partial charge in [-0.15, -0.1) is 0 Å². The van der Waals surface area contributed by atoms with Crippen molar-refractivity contribution in [2.75, 3.05) is 0 Å². The first kappa shape index (κ1) is 17.4. The minimum Gasteiger partial charge on any atom is -0.346 e. The molecule has 0 atom stereocenters. The first-order valence-electron chi connectivity index (χ1n) is 7.80. The van der Waals surface area contributed by atoms with Crippen LogP contribution in [0.5, 0.6) is 0 Å². The third kappa shape index (κ3) is 4.79. The predicted molar refractivity (Wildman–Crippen MR) is 94.8 cm³/mol. The van der Waals surface area contributed by atoms with Crippen molar-refractivity contribution in [3.8, 4) is 6.07 Å². The van der Waals surface area contributed by atoms with Crippen LogP contribution in [0.4, 0.5) is 0 Å². The van der Waals surface area contributed by atoms with Crippen LogP contribution in [0.2, 0.25) is 0 Å². The van der Waals surface area contributed by atoms with E-state index in [1.807, 2.05) is 48.5 Å². The van der Waals surface area contributed by atoms with Crippen molar-refractivity contribution in [2.45, 2.75) is 32.7 Å². The van der Waals surface area contributed by atoms with Gasteiger partial charge in [0.15, 0.2) is 0 Å². The molecule has 24 heavy (non-hydrogen) atoms. The zero-order chi connectivity index (χ0) is 17.6. The lowest BCUT2D eigenvalue weighted by Crippen LogP contribution is -2.24. The molecule has 0 aliphatic carbocycles. The van der Waals surface area contributed by atoms with Crippen LogP contribution in [0.25, 0.3) is 6.08 Å². The highest BCUT2D eigenvalue weighted by atomic mass is 16.1. The number of aromatic nitrogens is 1. The highest BCUT2D eigenvalue weighted by Gasteiger charge is 2.13. The van der Waals surface area contributed by atoms with Crippen LogP contribution in [0, 0.1) is 11.3 Å². The number of pyridine rings is 1. The molecule has 0 saturated carbocycles. The maximum atomic E-state index is 12.1. The number of nitrogens with zero attached hydrogens (tertiary/aromatic N) is 2. The zero-order valence-corrected chi connectivity index (χ0v) is 14.2. The summed E-state index contributed by atoms with van der Waals surface area (Å²) in [5, 5.41) is 12.0. The molecule has 1 aromatic heterocycles. The minimum atomic E-state index is -0.400. The molecule has 1 N–H and O–H groups in total. The number of nitriles is 1. The fraction of sp³-hybridized carbons (Fsp3) is 0.250. The van der Waals surface area contributed by atoms with Crippen molar-refractivity contribution in [3.63, 3.8) is 0 Å². The predicted octanol–water partition coefficient (Wildman–Crippen LogP) is 3.60. The van der Waals surface area contributed by atoms with E-state index in [1.54, 1.807) is 12.3 Å². The molecule has 1 heterocycles. The number of nitrogens with one attached hydrogen (secondary N) is 1. The quantitative estimate of drug-likeness (QED) is 0.691. The van der Waals surface area contributed by atoms with Gasteiger partial charge in [0, 0.05) is 6.20 Å². The number of hydrogen-bond acceptors (Lipinski definition) is 3. The number of hydrogen-bond donors (Lipinski definition) is 1. The second kappa shape index (κ2) is 7.56. The molecule has 1 amide bonds. The van der Waals surface area contributed by atoms with Crippen LogP contribution in [-0.2, 0) is 16.8 Å². The molecule has 122 valence electrons. The van der Waals surface area contributed by atoms with Gasteiger partial charge in [0.05, 0.1) is 12.2 Å². The number of amides is 1. The van der Waals surface area contributed by atoms with Crippen LogP contribution in [0.1, 0.15) is 37.6 Å². The summed E-state index contributed by atoms with van der Waals surface area (Å²) in [7, 11) is 0. The molecule has 2 rings (SSSR count). The van der Waals surface area contributed by atoms with E-state index in [2.05, 4.69) is 31.1 Å². The lowest BCUT2D eigenvalue weighted by molar-refractivity contribution is -0.117. The minimum absolute atomic E-state index is 0.0698. The summed E-state index contributed by atoms with van der Waals surface area (Å²) in [5.74, 6) is -0.400. The lowest BCUT2D eigenvalue weighted by atomic mass is 9.86. The standard InChI is InChI=1S/C20H21N3O/c1-20(2,3)17-9-7-15(8-10-17)12-16(13-21)19(24)23-14-18-6-4-5-11-22-18/h4-12H,14H2,1-3H3,(H,23,24)/b16-12+. The first-order valence-corrected chi connectivity index (χ1v) is 7.80. The number of rotatable bonds is 4. The van der Waals surface area contributed by atoms with Gasteiger partial charge >= 0.3 is 0 Å². The Morgan fingerprint density at radius 3 is 2.46 bits per heavy atom. The number of carbonyl (C=O) groups is 1. The molecule has 0 radical (unpaired) electrons. The molecular formula is C20H21N3O. The van der Waals surface area contributed by atoms with Gasteiger partial charge in [-0.25, -0.2) is 0 Å².